The van der Waals surface area contributed by atoms with Crippen molar-refractivity contribution >= 4 is 46.0 Å². The van der Waals surface area contributed by atoms with Crippen molar-refractivity contribution in [3.05, 3.63) is 51.4 Å². The number of hydrogen-bond donors (Lipinski definition) is 0. The second kappa shape index (κ2) is 6.00. The highest BCUT2D eigenvalue weighted by atomic mass is 35.5. The molecule has 1 aromatic carbocycles. The number of halogens is 1. The summed E-state index contributed by atoms with van der Waals surface area (Å²) in [5.41, 5.74) is 1.24. The van der Waals surface area contributed by atoms with Crippen molar-refractivity contribution in [2.45, 2.75) is 15.1 Å². The summed E-state index contributed by atoms with van der Waals surface area (Å²) in [7, 11) is 0. The summed E-state index contributed by atoms with van der Waals surface area (Å²) < 4.78 is 2.49. The van der Waals surface area contributed by atoms with Crippen LogP contribution in [0, 0.1) is 0 Å². The van der Waals surface area contributed by atoms with Gasteiger partial charge in [-0.3, -0.25) is 0 Å². The number of hydrogen-bond acceptors (Lipinski definition) is 6. The van der Waals surface area contributed by atoms with Gasteiger partial charge in [-0.25, -0.2) is 4.98 Å². The Kier molecular flexibility index (Phi) is 4.12. The molecule has 19 heavy (non-hydrogen) atoms. The van der Waals surface area contributed by atoms with Gasteiger partial charge in [0.1, 0.15) is 9.34 Å². The van der Waals surface area contributed by atoms with E-state index in [4.69, 9.17) is 11.6 Å². The van der Waals surface area contributed by atoms with Crippen LogP contribution < -0.4 is 0 Å². The summed E-state index contributed by atoms with van der Waals surface area (Å²) in [6.07, 6.45) is 2.47. The lowest BCUT2D eigenvalue weighted by atomic mass is 10.2. The number of rotatable bonds is 4. The average molecular weight is 326 g/mol. The number of aromatic nitrogens is 3. The lowest BCUT2D eigenvalue weighted by molar-refractivity contribution is 0.956. The molecule has 0 fully saturated rings. The zero-order valence-electron chi connectivity index (χ0n) is 9.62. The zero-order chi connectivity index (χ0) is 13.1. The monoisotopic (exact) mass is 325 g/mol. The normalized spacial score (nSPS) is 10.8. The van der Waals surface area contributed by atoms with E-state index >= 15 is 0 Å². The first-order valence-electron chi connectivity index (χ1n) is 5.45. The summed E-state index contributed by atoms with van der Waals surface area (Å²) in [6, 6.07) is 10.3. The second-order valence-electron chi connectivity index (χ2n) is 3.66. The van der Waals surface area contributed by atoms with Crippen LogP contribution in [-0.2, 0) is 6.42 Å². The number of benzene rings is 1. The third-order valence-electron chi connectivity index (χ3n) is 2.28. The summed E-state index contributed by atoms with van der Waals surface area (Å²) in [5.74, 6) is 0. The predicted molar refractivity (Wildman–Crippen MR) is 80.4 cm³/mol. The van der Waals surface area contributed by atoms with Gasteiger partial charge in [0.05, 0.1) is 6.20 Å². The first-order valence-corrected chi connectivity index (χ1v) is 8.28. The minimum Gasteiger partial charge on any atom is -0.236 e. The van der Waals surface area contributed by atoms with Crippen molar-refractivity contribution in [3.8, 4) is 0 Å². The standard InChI is InChI=1S/C12H8ClN3S3/c13-9-7-14-11(17-9)19-12-16-15-10(18-12)6-8-4-2-1-3-5-8/h1-5,7H,6H2. The minimum absolute atomic E-state index is 0.691. The fraction of sp³-hybridized carbons (Fsp3) is 0.0833. The molecule has 0 aliphatic rings. The summed E-state index contributed by atoms with van der Waals surface area (Å²) in [5, 5.41) is 9.39. The lowest BCUT2D eigenvalue weighted by Gasteiger charge is -1.94. The Morgan fingerprint density at radius 3 is 2.63 bits per heavy atom. The van der Waals surface area contributed by atoms with E-state index < -0.39 is 0 Å². The maximum Gasteiger partial charge on any atom is 0.181 e. The maximum atomic E-state index is 5.85. The van der Waals surface area contributed by atoms with Crippen molar-refractivity contribution < 1.29 is 0 Å². The lowest BCUT2D eigenvalue weighted by Crippen LogP contribution is -1.85. The molecule has 96 valence electrons. The molecule has 0 atom stereocenters. The molecule has 0 bridgehead atoms. The highest BCUT2D eigenvalue weighted by Gasteiger charge is 2.09. The molecule has 2 aromatic heterocycles. The third-order valence-corrected chi connectivity index (χ3v) is 5.44. The van der Waals surface area contributed by atoms with E-state index in [1.807, 2.05) is 18.2 Å². The molecule has 2 heterocycles. The molecular weight excluding hydrogens is 318 g/mol. The first kappa shape index (κ1) is 13.1. The highest BCUT2D eigenvalue weighted by Crippen LogP contribution is 2.34. The Morgan fingerprint density at radius 1 is 1.05 bits per heavy atom. The molecule has 3 nitrogen and oxygen atoms in total. The van der Waals surface area contributed by atoms with Crippen LogP contribution in [0.15, 0.2) is 45.2 Å². The second-order valence-corrected chi connectivity index (χ2v) is 7.87. The van der Waals surface area contributed by atoms with Crippen molar-refractivity contribution in [3.63, 3.8) is 0 Å². The van der Waals surface area contributed by atoms with Crippen molar-refractivity contribution in [1.82, 2.24) is 15.2 Å². The summed E-state index contributed by atoms with van der Waals surface area (Å²) in [4.78, 5) is 4.19. The van der Waals surface area contributed by atoms with Crippen LogP contribution in [0.2, 0.25) is 4.34 Å². The van der Waals surface area contributed by atoms with E-state index in [2.05, 4.69) is 27.3 Å². The molecule has 0 aliphatic heterocycles. The molecule has 3 rings (SSSR count). The van der Waals surface area contributed by atoms with Gasteiger partial charge in [0, 0.05) is 6.42 Å². The van der Waals surface area contributed by atoms with Crippen LogP contribution in [0.25, 0.3) is 0 Å². The van der Waals surface area contributed by atoms with Crippen LogP contribution in [-0.4, -0.2) is 15.2 Å². The van der Waals surface area contributed by atoms with Gasteiger partial charge in [-0.15, -0.1) is 10.2 Å². The fourth-order valence-electron chi connectivity index (χ4n) is 1.48. The topological polar surface area (TPSA) is 38.7 Å². The van der Waals surface area contributed by atoms with E-state index in [0.717, 1.165) is 20.1 Å². The fourth-order valence-corrected chi connectivity index (χ4v) is 4.73. The molecule has 0 saturated heterocycles. The zero-order valence-corrected chi connectivity index (χ0v) is 12.8. The quantitative estimate of drug-likeness (QED) is 0.713. The van der Waals surface area contributed by atoms with Crippen LogP contribution in [0.3, 0.4) is 0 Å². The Balaban J connectivity index is 1.69. The van der Waals surface area contributed by atoms with Gasteiger partial charge in [-0.1, -0.05) is 64.6 Å². The van der Waals surface area contributed by atoms with E-state index in [-0.39, 0.29) is 0 Å². The molecule has 3 aromatic rings. The number of thiazole rings is 1. The molecule has 0 N–H and O–H groups in total. The van der Waals surface area contributed by atoms with Crippen molar-refractivity contribution in [2.75, 3.05) is 0 Å². The maximum absolute atomic E-state index is 5.85. The van der Waals surface area contributed by atoms with Crippen molar-refractivity contribution in [2.24, 2.45) is 0 Å². The van der Waals surface area contributed by atoms with Gasteiger partial charge in [0.25, 0.3) is 0 Å². The molecular formula is C12H8ClN3S3. The van der Waals surface area contributed by atoms with E-state index in [9.17, 15) is 0 Å². The SMILES string of the molecule is Clc1cnc(Sc2nnc(Cc3ccccc3)s2)s1. The summed E-state index contributed by atoms with van der Waals surface area (Å²) in [6.45, 7) is 0. The average Bonchev–Trinajstić information content (AvgIpc) is 3.01. The highest BCUT2D eigenvalue weighted by molar-refractivity contribution is 8.02. The number of nitrogens with zero attached hydrogens (tertiary/aromatic N) is 3. The summed E-state index contributed by atoms with van der Waals surface area (Å²) >= 11 is 10.4. The van der Waals surface area contributed by atoms with Gasteiger partial charge in [0.2, 0.25) is 0 Å². The third kappa shape index (κ3) is 3.54. The Morgan fingerprint density at radius 2 is 1.89 bits per heavy atom. The molecule has 0 radical (unpaired) electrons. The molecule has 0 unspecified atom stereocenters. The van der Waals surface area contributed by atoms with E-state index in [1.54, 1.807) is 17.5 Å². The van der Waals surface area contributed by atoms with Gasteiger partial charge in [0.15, 0.2) is 8.68 Å². The van der Waals surface area contributed by atoms with Gasteiger partial charge < -0.3 is 0 Å². The van der Waals surface area contributed by atoms with Crippen molar-refractivity contribution in [1.29, 1.82) is 0 Å². The van der Waals surface area contributed by atoms with Gasteiger partial charge >= 0.3 is 0 Å². The predicted octanol–water partition coefficient (Wildman–Crippen LogP) is 4.39. The van der Waals surface area contributed by atoms with Gasteiger partial charge in [-0.05, 0) is 17.3 Å². The first-order chi connectivity index (χ1) is 9.29. The van der Waals surface area contributed by atoms with Gasteiger partial charge in [-0.2, -0.15) is 0 Å². The van der Waals surface area contributed by atoms with E-state index in [1.165, 1.54) is 28.7 Å². The minimum atomic E-state index is 0.691. The Bertz CT molecular complexity index is 666. The molecule has 0 aliphatic carbocycles. The van der Waals surface area contributed by atoms with Crippen LogP contribution in [0.4, 0.5) is 0 Å². The van der Waals surface area contributed by atoms with Crippen LogP contribution in [0.5, 0.6) is 0 Å². The largest absolute Gasteiger partial charge is 0.236 e. The molecule has 0 amide bonds. The molecule has 0 spiro atoms. The van der Waals surface area contributed by atoms with Crippen LogP contribution >= 0.6 is 46.0 Å². The van der Waals surface area contributed by atoms with Crippen LogP contribution in [0.1, 0.15) is 10.6 Å². The Hall–Kier alpha value is -0.950. The molecule has 0 saturated carbocycles. The Labute approximate surface area is 127 Å². The smallest absolute Gasteiger partial charge is 0.181 e. The van der Waals surface area contributed by atoms with E-state index in [0.29, 0.717) is 4.34 Å². The molecule has 7 heteroatoms.